The normalized spacial score (nSPS) is 9.27. The first-order valence-electron chi connectivity index (χ1n) is 2.88. The van der Waals surface area contributed by atoms with Crippen LogP contribution in [-0.4, -0.2) is 17.0 Å². The Labute approximate surface area is 63.0 Å². The van der Waals surface area contributed by atoms with Gasteiger partial charge in [0.05, 0.1) is 12.4 Å². The number of rotatable bonds is 2. The fourth-order valence-corrected chi connectivity index (χ4v) is 0.544. The zero-order valence-corrected chi connectivity index (χ0v) is 5.93. The van der Waals surface area contributed by atoms with Crippen molar-refractivity contribution in [3.05, 3.63) is 17.3 Å². The van der Waals surface area contributed by atoms with E-state index in [1.165, 1.54) is 17.4 Å². The summed E-state index contributed by atoms with van der Waals surface area (Å²) in [6, 6.07) is 0. The molecule has 0 amide bonds. The first kappa shape index (κ1) is 7.55. The van der Waals surface area contributed by atoms with E-state index in [4.69, 9.17) is 5.84 Å². The van der Waals surface area contributed by atoms with Crippen LogP contribution in [0.1, 0.15) is 0 Å². The summed E-state index contributed by atoms with van der Waals surface area (Å²) in [4.78, 5) is 17.4. The van der Waals surface area contributed by atoms with Gasteiger partial charge in [0.15, 0.2) is 0 Å². The first-order valence-corrected chi connectivity index (χ1v) is 2.88. The van der Waals surface area contributed by atoms with Crippen LogP contribution in [0, 0.1) is 4.91 Å². The number of nitroso groups, excluding NO2 is 1. The van der Waals surface area contributed by atoms with Crippen LogP contribution in [0.2, 0.25) is 0 Å². The molecule has 1 aromatic heterocycles. The van der Waals surface area contributed by atoms with Crippen LogP contribution in [0.15, 0.2) is 17.6 Å². The standard InChI is InChI=1S/C5H7N5O/c1-10(6)5-7-2-4(9-11)3-8-5/h2-3H,6H2,1H3. The van der Waals surface area contributed by atoms with Crippen molar-refractivity contribution in [2.45, 2.75) is 0 Å². The van der Waals surface area contributed by atoms with Crippen LogP contribution in [0.3, 0.4) is 0 Å². The van der Waals surface area contributed by atoms with Crippen molar-refractivity contribution in [3.8, 4) is 0 Å². The molecule has 0 saturated carbocycles. The largest absolute Gasteiger partial charge is 0.282 e. The Balaban J connectivity index is 2.91. The minimum atomic E-state index is 0.190. The topological polar surface area (TPSA) is 84.5 Å². The molecular formula is C5H7N5O. The maximum absolute atomic E-state index is 9.91. The predicted molar refractivity (Wildman–Crippen MR) is 40.1 cm³/mol. The van der Waals surface area contributed by atoms with Crippen molar-refractivity contribution in [2.75, 3.05) is 12.1 Å². The van der Waals surface area contributed by atoms with E-state index in [9.17, 15) is 4.91 Å². The summed E-state index contributed by atoms with van der Waals surface area (Å²) < 4.78 is 0. The Hall–Kier alpha value is -1.56. The number of nitrogens with zero attached hydrogens (tertiary/aromatic N) is 4. The molecular weight excluding hydrogens is 146 g/mol. The van der Waals surface area contributed by atoms with Crippen molar-refractivity contribution in [3.63, 3.8) is 0 Å². The number of nitrogens with two attached hydrogens (primary N) is 1. The third kappa shape index (κ3) is 1.68. The molecule has 0 radical (unpaired) electrons. The Morgan fingerprint density at radius 3 is 2.45 bits per heavy atom. The molecule has 0 fully saturated rings. The number of anilines is 1. The van der Waals surface area contributed by atoms with Gasteiger partial charge in [-0.05, 0) is 5.18 Å². The van der Waals surface area contributed by atoms with Crippen LogP contribution < -0.4 is 10.9 Å². The molecule has 0 bridgehead atoms. The Morgan fingerprint density at radius 1 is 1.55 bits per heavy atom. The van der Waals surface area contributed by atoms with E-state index < -0.39 is 0 Å². The summed E-state index contributed by atoms with van der Waals surface area (Å²) in [5.74, 6) is 5.65. The van der Waals surface area contributed by atoms with Gasteiger partial charge in [0.1, 0.15) is 5.69 Å². The van der Waals surface area contributed by atoms with Crippen molar-refractivity contribution >= 4 is 11.6 Å². The highest BCUT2D eigenvalue weighted by Gasteiger charge is 1.98. The summed E-state index contributed by atoms with van der Waals surface area (Å²) in [6.45, 7) is 0. The quantitative estimate of drug-likeness (QED) is 0.372. The summed E-state index contributed by atoms with van der Waals surface area (Å²) in [7, 11) is 1.60. The summed E-state index contributed by atoms with van der Waals surface area (Å²) in [6.07, 6.45) is 2.61. The number of hydrogen-bond donors (Lipinski definition) is 1. The second-order valence-electron chi connectivity index (χ2n) is 1.94. The molecule has 0 aliphatic rings. The molecule has 0 aromatic carbocycles. The Kier molecular flexibility index (Phi) is 2.07. The SMILES string of the molecule is CN(N)c1ncc(N=O)cn1. The Morgan fingerprint density at radius 2 is 2.09 bits per heavy atom. The number of hydrogen-bond acceptors (Lipinski definition) is 6. The minimum absolute atomic E-state index is 0.190. The molecule has 6 nitrogen and oxygen atoms in total. The second-order valence-corrected chi connectivity index (χ2v) is 1.94. The molecule has 58 valence electrons. The van der Waals surface area contributed by atoms with E-state index in [0.29, 0.717) is 5.95 Å². The summed E-state index contributed by atoms with van der Waals surface area (Å²) >= 11 is 0. The average molecular weight is 153 g/mol. The van der Waals surface area contributed by atoms with Crippen LogP contribution in [0.25, 0.3) is 0 Å². The molecule has 11 heavy (non-hydrogen) atoms. The van der Waals surface area contributed by atoms with Crippen molar-refractivity contribution < 1.29 is 0 Å². The van der Waals surface area contributed by atoms with E-state index in [2.05, 4.69) is 15.1 Å². The van der Waals surface area contributed by atoms with E-state index >= 15 is 0 Å². The zero-order valence-electron chi connectivity index (χ0n) is 5.93. The van der Waals surface area contributed by atoms with Crippen LogP contribution in [0.4, 0.5) is 11.6 Å². The molecule has 1 rings (SSSR count). The molecule has 0 saturated heterocycles. The first-order chi connectivity index (χ1) is 5.24. The van der Waals surface area contributed by atoms with E-state index in [-0.39, 0.29) is 5.69 Å². The zero-order chi connectivity index (χ0) is 8.27. The van der Waals surface area contributed by atoms with Crippen molar-refractivity contribution in [1.29, 1.82) is 0 Å². The Bertz CT molecular complexity index is 244. The summed E-state index contributed by atoms with van der Waals surface area (Å²) in [5.41, 5.74) is 0.190. The van der Waals surface area contributed by atoms with Gasteiger partial charge >= 0.3 is 0 Å². The lowest BCUT2D eigenvalue weighted by molar-refractivity contribution is 0.929. The monoisotopic (exact) mass is 153 g/mol. The van der Waals surface area contributed by atoms with E-state index in [1.807, 2.05) is 0 Å². The molecule has 0 aliphatic carbocycles. The van der Waals surface area contributed by atoms with Crippen LogP contribution in [0.5, 0.6) is 0 Å². The van der Waals surface area contributed by atoms with E-state index in [1.54, 1.807) is 7.05 Å². The predicted octanol–water partition coefficient (Wildman–Crippen LogP) is 0.184. The van der Waals surface area contributed by atoms with Crippen molar-refractivity contribution in [2.24, 2.45) is 11.0 Å². The van der Waals surface area contributed by atoms with Crippen molar-refractivity contribution in [1.82, 2.24) is 9.97 Å². The third-order valence-electron chi connectivity index (χ3n) is 1.05. The summed E-state index contributed by atoms with van der Waals surface area (Å²) in [5, 5.41) is 3.88. The highest BCUT2D eigenvalue weighted by atomic mass is 16.3. The van der Waals surface area contributed by atoms with Crippen LogP contribution in [-0.2, 0) is 0 Å². The van der Waals surface area contributed by atoms with Gasteiger partial charge in [0.2, 0.25) is 5.95 Å². The average Bonchev–Trinajstić information content (AvgIpc) is 2.05. The lowest BCUT2D eigenvalue weighted by Gasteiger charge is -2.07. The molecule has 6 heteroatoms. The van der Waals surface area contributed by atoms with E-state index in [0.717, 1.165) is 0 Å². The molecule has 0 aliphatic heterocycles. The minimum Gasteiger partial charge on any atom is -0.282 e. The van der Waals surface area contributed by atoms with Gasteiger partial charge in [0, 0.05) is 7.05 Å². The maximum Gasteiger partial charge on any atom is 0.239 e. The number of aromatic nitrogens is 2. The fourth-order valence-electron chi connectivity index (χ4n) is 0.544. The third-order valence-corrected chi connectivity index (χ3v) is 1.05. The smallest absolute Gasteiger partial charge is 0.239 e. The molecule has 1 aromatic rings. The van der Waals surface area contributed by atoms with Gasteiger partial charge < -0.3 is 0 Å². The fraction of sp³-hybridized carbons (Fsp3) is 0.200. The van der Waals surface area contributed by atoms with Crippen LogP contribution >= 0.6 is 0 Å². The molecule has 0 unspecified atom stereocenters. The lowest BCUT2D eigenvalue weighted by Crippen LogP contribution is -2.26. The number of hydrazine groups is 1. The van der Waals surface area contributed by atoms with Gasteiger partial charge in [-0.1, -0.05) is 0 Å². The lowest BCUT2D eigenvalue weighted by atomic mass is 10.6. The van der Waals surface area contributed by atoms with Gasteiger partial charge in [-0.25, -0.2) is 15.8 Å². The molecule has 2 N–H and O–H groups in total. The second kappa shape index (κ2) is 3.02. The van der Waals surface area contributed by atoms with Gasteiger partial charge in [-0.3, -0.25) is 5.01 Å². The highest BCUT2D eigenvalue weighted by molar-refractivity contribution is 5.35. The maximum atomic E-state index is 9.91. The molecule has 0 atom stereocenters. The highest BCUT2D eigenvalue weighted by Crippen LogP contribution is 2.08. The molecule has 0 spiro atoms. The van der Waals surface area contributed by atoms with Gasteiger partial charge in [-0.15, -0.1) is 4.91 Å². The molecule has 1 heterocycles. The van der Waals surface area contributed by atoms with Gasteiger partial charge in [0.25, 0.3) is 0 Å². The van der Waals surface area contributed by atoms with Gasteiger partial charge in [-0.2, -0.15) is 0 Å².